The van der Waals surface area contributed by atoms with E-state index in [0.717, 1.165) is 136 Å². The molecule has 0 bridgehead atoms. The van der Waals surface area contributed by atoms with Gasteiger partial charge in [0.2, 0.25) is 0 Å². The molecule has 4 aliphatic carbocycles. The van der Waals surface area contributed by atoms with E-state index in [2.05, 4.69) is 186 Å². The number of hydrogen-bond donors (Lipinski definition) is 5. The van der Waals surface area contributed by atoms with E-state index in [1.165, 1.54) is 89.9 Å². The number of nitrogens with zero attached hydrogens (tertiary/aromatic N) is 4. The van der Waals surface area contributed by atoms with E-state index < -0.39 is 5.97 Å². The van der Waals surface area contributed by atoms with E-state index in [1.54, 1.807) is 30.7 Å². The van der Waals surface area contributed by atoms with E-state index >= 15 is 0 Å². The normalized spacial score (nSPS) is 15.8. The molecular formula is C92H100N6O7. The first kappa shape index (κ1) is 73.8. The lowest BCUT2D eigenvalue weighted by molar-refractivity contribution is -0.137. The highest BCUT2D eigenvalue weighted by atomic mass is 16.5. The maximum absolute atomic E-state index is 11.4. The Labute approximate surface area is 619 Å². The Balaban J connectivity index is 0.000000133. The van der Waals surface area contributed by atoms with E-state index in [0.29, 0.717) is 55.4 Å². The van der Waals surface area contributed by atoms with Gasteiger partial charge in [0.1, 0.15) is 34.6 Å². The Morgan fingerprint density at radius 3 is 1.20 bits per heavy atom. The number of pyridine rings is 3. The van der Waals surface area contributed by atoms with Crippen LogP contribution < -0.4 is 30.3 Å². The third-order valence-electron chi connectivity index (χ3n) is 20.8. The highest BCUT2D eigenvalue weighted by molar-refractivity contribution is 5.68. The van der Waals surface area contributed by atoms with Crippen molar-refractivity contribution in [2.45, 2.75) is 141 Å². The fourth-order valence-corrected chi connectivity index (χ4v) is 15.2. The monoisotopic (exact) mass is 1400 g/mol. The standard InChI is InChI=1S/C25H26N2O3.C25H28N2O2.C25H28N2O.C17H18O/c28-25(29)17-21-14-18-9-10-22(16-20(18)15-19-6-1-2-7-23(19)21)30-13-5-12-27-24-8-3-4-11-26-24;1-2-19-16-20-11-12-23(18-22(20)17-21-8-3-4-9-24(19)21)29-15-7-13-26-25-10-5-6-14-27(25)28;1-2-19-16-20-11-12-23(18-22(20)17-21-8-3-4-9-24(19)21)28-15-7-14-27-25-10-5-6-13-26-25;1-2-12-9-13-7-8-16(18)11-15(13)10-14-5-3-4-6-17(12)14/h1-4,6-11,16,21H,5,12-15,17H2,(H,26,27)(H,28,29);3-6,8-12,14,18-19,28H,2,7,13,15-17H2,1H3;3-6,8-13,18-19H,2,7,14-17H2,1H3,(H,26,27);3-8,11-12,18H,2,9-10H2,1H3. The minimum absolute atomic E-state index is 0.00406. The number of nitrogens with one attached hydrogen (secondary N) is 2. The summed E-state index contributed by atoms with van der Waals surface area (Å²) in [4.78, 5) is 24.3. The maximum Gasteiger partial charge on any atom is 0.303 e. The first-order chi connectivity index (χ1) is 51.5. The molecule has 540 valence electrons. The van der Waals surface area contributed by atoms with Gasteiger partial charge in [-0.1, -0.05) is 160 Å². The Kier molecular flexibility index (Phi) is 26.4. The number of benzene rings is 8. The molecule has 5 N–H and O–H groups in total. The van der Waals surface area contributed by atoms with Crippen molar-refractivity contribution in [1.82, 2.24) is 14.7 Å². The predicted molar refractivity (Wildman–Crippen MR) is 421 cm³/mol. The third-order valence-corrected chi connectivity index (χ3v) is 20.8. The van der Waals surface area contributed by atoms with Crippen molar-refractivity contribution in [3.63, 3.8) is 0 Å². The number of aliphatic carboxylic acids is 1. The summed E-state index contributed by atoms with van der Waals surface area (Å²) in [5.41, 5.74) is 22.5. The number of fused-ring (bicyclic) bond motifs is 8. The molecular weight excluding hydrogens is 1300 g/mol. The molecule has 4 aliphatic rings. The van der Waals surface area contributed by atoms with Crippen LogP contribution in [0.25, 0.3) is 0 Å². The first-order valence-corrected chi connectivity index (χ1v) is 37.8. The number of hydrogen-bond acceptors (Lipinski definition) is 11. The number of phenols is 1. The second-order valence-electron chi connectivity index (χ2n) is 27.8. The summed E-state index contributed by atoms with van der Waals surface area (Å²) in [7, 11) is 0. The maximum atomic E-state index is 11.4. The van der Waals surface area contributed by atoms with Crippen LogP contribution in [0.5, 0.6) is 23.0 Å². The van der Waals surface area contributed by atoms with Gasteiger partial charge in [-0.2, -0.15) is 4.73 Å². The van der Waals surface area contributed by atoms with Crippen molar-refractivity contribution < 1.29 is 34.4 Å². The number of anilines is 2. The molecule has 11 aromatic rings. The lowest BCUT2D eigenvalue weighted by atomic mass is 9.89. The molecule has 3 heterocycles. The van der Waals surface area contributed by atoms with Crippen molar-refractivity contribution in [2.75, 3.05) is 50.1 Å². The molecule has 0 saturated carbocycles. The Morgan fingerprint density at radius 2 is 0.800 bits per heavy atom. The minimum Gasteiger partial charge on any atom is -0.508 e. The number of aromatic hydroxyl groups is 1. The van der Waals surface area contributed by atoms with Crippen LogP contribution in [0.15, 0.2) is 248 Å². The van der Waals surface area contributed by atoms with Crippen molar-refractivity contribution in [3.05, 3.63) is 338 Å². The van der Waals surface area contributed by atoms with Crippen LogP contribution >= 0.6 is 0 Å². The topological polar surface area (TPSA) is 173 Å². The van der Waals surface area contributed by atoms with Gasteiger partial charge in [-0.15, -0.1) is 0 Å². The number of ether oxygens (including phenoxy) is 3. The number of carbonyl (C=O) groups is 1. The van der Waals surface area contributed by atoms with Crippen LogP contribution in [0.1, 0.15) is 178 Å². The summed E-state index contributed by atoms with van der Waals surface area (Å²) in [6, 6.07) is 77.0. The van der Waals surface area contributed by atoms with Crippen LogP contribution in [0, 0.1) is 0 Å². The lowest BCUT2D eigenvalue weighted by Gasteiger charge is -2.16. The summed E-state index contributed by atoms with van der Waals surface area (Å²) in [5.74, 6) is 5.98. The van der Waals surface area contributed by atoms with Crippen LogP contribution in [-0.2, 0) is 56.2 Å². The summed E-state index contributed by atoms with van der Waals surface area (Å²) >= 11 is 0. The molecule has 105 heavy (non-hydrogen) atoms. The molecule has 3 aromatic heterocycles. The first-order valence-electron chi connectivity index (χ1n) is 37.8. The zero-order valence-electron chi connectivity index (χ0n) is 61.0. The van der Waals surface area contributed by atoms with Gasteiger partial charge >= 0.3 is 5.97 Å². The molecule has 0 amide bonds. The fourth-order valence-electron chi connectivity index (χ4n) is 15.2. The average Bonchev–Trinajstić information content (AvgIpc) is 1.69. The molecule has 15 rings (SSSR count). The van der Waals surface area contributed by atoms with Crippen LogP contribution in [0.2, 0.25) is 0 Å². The molecule has 4 atom stereocenters. The summed E-state index contributed by atoms with van der Waals surface area (Å²) < 4.78 is 19.0. The highest BCUT2D eigenvalue weighted by Crippen LogP contribution is 2.40. The van der Waals surface area contributed by atoms with Crippen LogP contribution in [0.3, 0.4) is 0 Å². The van der Waals surface area contributed by atoms with Crippen molar-refractivity contribution in [2.24, 2.45) is 4.99 Å². The number of carboxylic acids is 1. The summed E-state index contributed by atoms with van der Waals surface area (Å²) in [5, 5.41) is 35.3. The largest absolute Gasteiger partial charge is 0.508 e. The molecule has 8 aromatic carbocycles. The number of carboxylic acid groups (broad SMARTS) is 1. The molecule has 0 spiro atoms. The fraction of sp³-hybridized carbons (Fsp3) is 0.304. The smallest absolute Gasteiger partial charge is 0.303 e. The van der Waals surface area contributed by atoms with Crippen LogP contribution in [-0.4, -0.2) is 75.5 Å². The number of rotatable bonds is 22. The van der Waals surface area contributed by atoms with Crippen molar-refractivity contribution in [3.8, 4) is 23.0 Å². The SMILES string of the molecule is CCC1Cc2ccc(O)cc2Cc2ccccc21.CCC1Cc2ccc(OCCCN=c3ccccn3O)cc2Cc2ccccc21.CCC1Cc2ccc(OCCCNc3ccccn3)cc2Cc2ccccc21.O=C(O)CC1Cc2ccc(OCCCNc3ccccn3)cc2Cc2ccccc21. The van der Waals surface area contributed by atoms with E-state index in [9.17, 15) is 20.2 Å². The summed E-state index contributed by atoms with van der Waals surface area (Å²) in [6.45, 7) is 11.0. The van der Waals surface area contributed by atoms with Crippen molar-refractivity contribution in [1.29, 1.82) is 0 Å². The molecule has 4 unspecified atom stereocenters. The summed E-state index contributed by atoms with van der Waals surface area (Å²) in [6.07, 6.45) is 19.2. The quantitative estimate of drug-likeness (QED) is 0.0323. The van der Waals surface area contributed by atoms with E-state index in [-0.39, 0.29) is 12.3 Å². The lowest BCUT2D eigenvalue weighted by Crippen LogP contribution is -2.17. The van der Waals surface area contributed by atoms with Crippen LogP contribution in [0.4, 0.5) is 11.6 Å². The van der Waals surface area contributed by atoms with Gasteiger partial charge in [0.05, 0.1) is 26.2 Å². The van der Waals surface area contributed by atoms with Gasteiger partial charge in [-0.3, -0.25) is 9.79 Å². The zero-order chi connectivity index (χ0) is 72.5. The second kappa shape index (κ2) is 37.5. The average molecular weight is 1400 g/mol. The van der Waals surface area contributed by atoms with Crippen molar-refractivity contribution >= 4 is 17.6 Å². The number of aromatic nitrogens is 3. The Bertz CT molecular complexity index is 4690. The molecule has 0 aliphatic heterocycles. The Morgan fingerprint density at radius 1 is 0.429 bits per heavy atom. The second-order valence-corrected chi connectivity index (χ2v) is 27.8. The van der Waals surface area contributed by atoms with Gasteiger partial charge in [-0.25, -0.2) is 9.97 Å². The van der Waals surface area contributed by atoms with Gasteiger partial charge in [0.25, 0.3) is 0 Å². The van der Waals surface area contributed by atoms with Gasteiger partial charge < -0.3 is 40.3 Å². The number of phenolic OH excluding ortho intramolecular Hbond substituents is 1. The third kappa shape index (κ3) is 20.5. The Hall–Kier alpha value is -10.9. The molecule has 0 saturated heterocycles. The zero-order valence-corrected chi connectivity index (χ0v) is 61.0. The van der Waals surface area contributed by atoms with E-state index in [4.69, 9.17) is 14.2 Å². The van der Waals surface area contributed by atoms with E-state index in [1.807, 2.05) is 72.8 Å². The predicted octanol–water partition coefficient (Wildman–Crippen LogP) is 19.0. The minimum atomic E-state index is -0.752. The highest BCUT2D eigenvalue weighted by Gasteiger charge is 2.27. The van der Waals surface area contributed by atoms with Gasteiger partial charge in [0.15, 0.2) is 5.49 Å². The molecule has 0 fully saturated rings. The molecule has 13 nitrogen and oxygen atoms in total. The molecule has 13 heteroatoms. The van der Waals surface area contributed by atoms with Gasteiger partial charge in [-0.05, 0) is 281 Å². The van der Waals surface area contributed by atoms with Gasteiger partial charge in [0, 0.05) is 44.6 Å². The molecule has 0 radical (unpaired) electrons.